The summed E-state index contributed by atoms with van der Waals surface area (Å²) in [6.07, 6.45) is 0.544. The van der Waals surface area contributed by atoms with Gasteiger partial charge in [0.1, 0.15) is 18.8 Å². The second-order valence-electron chi connectivity index (χ2n) is 3.97. The zero-order valence-electron chi connectivity index (χ0n) is 10.8. The van der Waals surface area contributed by atoms with Crippen molar-refractivity contribution < 1.29 is 29.3 Å². The molecule has 0 bridgehead atoms. The van der Waals surface area contributed by atoms with Crippen LogP contribution in [-0.4, -0.2) is 32.9 Å². The Balaban J connectivity index is 2.71. The summed E-state index contributed by atoms with van der Waals surface area (Å²) in [7, 11) is 0. The number of carboxylic acid groups (broad SMARTS) is 1. The molecule has 0 saturated heterocycles. The number of aliphatic carboxylic acids is 1. The van der Waals surface area contributed by atoms with Crippen LogP contribution >= 0.6 is 0 Å². The Labute approximate surface area is 114 Å². The standard InChI is InChI=1S/C12H14N2O6/c1-6-11(17)8(3-13)7(4-14-6)5-20-10(16)2-9(15)12(18)19/h4,17H,2-3,5,13H2,1H3,(H,18,19). The maximum absolute atomic E-state index is 11.3. The summed E-state index contributed by atoms with van der Waals surface area (Å²) in [5, 5.41) is 18.1. The van der Waals surface area contributed by atoms with Gasteiger partial charge >= 0.3 is 11.9 Å². The minimum absolute atomic E-state index is 0.0239. The Morgan fingerprint density at radius 1 is 1.40 bits per heavy atom. The van der Waals surface area contributed by atoms with E-state index in [1.807, 2.05) is 0 Å². The molecule has 1 aromatic heterocycles. The van der Waals surface area contributed by atoms with Gasteiger partial charge in [0, 0.05) is 23.9 Å². The van der Waals surface area contributed by atoms with Crippen molar-refractivity contribution in [1.29, 1.82) is 0 Å². The second-order valence-corrected chi connectivity index (χ2v) is 3.97. The Kier molecular flexibility index (Phi) is 5.15. The molecule has 8 heteroatoms. The Bertz CT molecular complexity index is 555. The lowest BCUT2D eigenvalue weighted by Gasteiger charge is -2.11. The number of aromatic hydroxyl groups is 1. The first-order chi connectivity index (χ1) is 9.36. The average Bonchev–Trinajstić information content (AvgIpc) is 2.39. The maximum atomic E-state index is 11.3. The van der Waals surface area contributed by atoms with E-state index in [2.05, 4.69) is 4.98 Å². The van der Waals surface area contributed by atoms with Gasteiger partial charge in [0.15, 0.2) is 0 Å². The van der Waals surface area contributed by atoms with Gasteiger partial charge in [-0.2, -0.15) is 0 Å². The van der Waals surface area contributed by atoms with Crippen LogP contribution in [-0.2, 0) is 32.3 Å². The third kappa shape index (κ3) is 3.75. The zero-order valence-corrected chi connectivity index (χ0v) is 10.8. The van der Waals surface area contributed by atoms with Crippen LogP contribution < -0.4 is 5.73 Å². The fourth-order valence-electron chi connectivity index (χ4n) is 1.45. The van der Waals surface area contributed by atoms with E-state index in [1.165, 1.54) is 6.20 Å². The van der Waals surface area contributed by atoms with Crippen LogP contribution in [0.5, 0.6) is 5.75 Å². The highest BCUT2D eigenvalue weighted by atomic mass is 16.5. The van der Waals surface area contributed by atoms with Gasteiger partial charge in [-0.05, 0) is 6.92 Å². The summed E-state index contributed by atoms with van der Waals surface area (Å²) in [5.41, 5.74) is 6.66. The second kappa shape index (κ2) is 6.62. The number of carbonyl (C=O) groups is 3. The van der Waals surface area contributed by atoms with Gasteiger partial charge in [-0.15, -0.1) is 0 Å². The van der Waals surface area contributed by atoms with Gasteiger partial charge in [-0.25, -0.2) is 4.79 Å². The smallest absolute Gasteiger partial charge is 0.372 e. The molecule has 4 N–H and O–H groups in total. The number of rotatable bonds is 6. The normalized spacial score (nSPS) is 10.1. The number of ketones is 1. The summed E-state index contributed by atoms with van der Waals surface area (Å²) in [6.45, 7) is 1.37. The van der Waals surface area contributed by atoms with Gasteiger partial charge in [0.05, 0.1) is 5.69 Å². The Morgan fingerprint density at radius 2 is 2.05 bits per heavy atom. The molecule has 108 valence electrons. The molecule has 0 amide bonds. The number of aromatic nitrogens is 1. The Morgan fingerprint density at radius 3 is 2.60 bits per heavy atom. The summed E-state index contributed by atoms with van der Waals surface area (Å²) in [5.74, 6) is -4.00. The van der Waals surface area contributed by atoms with E-state index in [0.29, 0.717) is 16.8 Å². The van der Waals surface area contributed by atoms with Crippen LogP contribution in [0.15, 0.2) is 6.20 Å². The topological polar surface area (TPSA) is 140 Å². The zero-order chi connectivity index (χ0) is 15.3. The molecule has 0 atom stereocenters. The van der Waals surface area contributed by atoms with Crippen molar-refractivity contribution in [3.63, 3.8) is 0 Å². The van der Waals surface area contributed by atoms with E-state index in [0.717, 1.165) is 0 Å². The van der Waals surface area contributed by atoms with Gasteiger partial charge in [-0.1, -0.05) is 0 Å². The summed E-state index contributed by atoms with van der Waals surface area (Å²) in [6, 6.07) is 0. The van der Waals surface area contributed by atoms with E-state index in [9.17, 15) is 19.5 Å². The molecule has 0 aliphatic rings. The van der Waals surface area contributed by atoms with Crippen molar-refractivity contribution in [3.05, 3.63) is 23.0 Å². The van der Waals surface area contributed by atoms with Crippen LogP contribution in [0, 0.1) is 6.92 Å². The molecule has 8 nitrogen and oxygen atoms in total. The fourth-order valence-corrected chi connectivity index (χ4v) is 1.45. The van der Waals surface area contributed by atoms with Crippen LogP contribution in [0.1, 0.15) is 23.2 Å². The molecule has 0 spiro atoms. The van der Waals surface area contributed by atoms with Gasteiger partial charge < -0.3 is 20.7 Å². The van der Waals surface area contributed by atoms with E-state index >= 15 is 0 Å². The molecule has 20 heavy (non-hydrogen) atoms. The number of carbonyl (C=O) groups excluding carboxylic acids is 2. The van der Waals surface area contributed by atoms with Crippen molar-refractivity contribution in [2.45, 2.75) is 26.5 Å². The van der Waals surface area contributed by atoms with Crippen LogP contribution in [0.3, 0.4) is 0 Å². The van der Waals surface area contributed by atoms with Crippen molar-refractivity contribution in [3.8, 4) is 5.75 Å². The lowest BCUT2D eigenvalue weighted by atomic mass is 10.1. The van der Waals surface area contributed by atoms with Crippen molar-refractivity contribution in [2.75, 3.05) is 0 Å². The van der Waals surface area contributed by atoms with Crippen molar-refractivity contribution in [1.82, 2.24) is 4.98 Å². The third-order valence-corrected chi connectivity index (χ3v) is 2.57. The number of ether oxygens (including phenoxy) is 1. The highest BCUT2D eigenvalue weighted by molar-refractivity contribution is 6.35. The molecule has 0 fully saturated rings. The van der Waals surface area contributed by atoms with Gasteiger partial charge in [0.2, 0.25) is 0 Å². The fraction of sp³-hybridized carbons (Fsp3) is 0.333. The molecular formula is C12H14N2O6. The summed E-state index contributed by atoms with van der Waals surface area (Å²) < 4.78 is 4.76. The highest BCUT2D eigenvalue weighted by Gasteiger charge is 2.18. The first kappa shape index (κ1) is 15.6. The molecule has 0 aromatic carbocycles. The summed E-state index contributed by atoms with van der Waals surface area (Å²) in [4.78, 5) is 36.2. The van der Waals surface area contributed by atoms with E-state index in [-0.39, 0.29) is 18.9 Å². The predicted molar refractivity (Wildman–Crippen MR) is 65.6 cm³/mol. The molecule has 0 aliphatic carbocycles. The molecule has 1 aromatic rings. The maximum Gasteiger partial charge on any atom is 0.372 e. The van der Waals surface area contributed by atoms with Crippen LogP contribution in [0.25, 0.3) is 0 Å². The minimum Gasteiger partial charge on any atom is -0.506 e. The highest BCUT2D eigenvalue weighted by Crippen LogP contribution is 2.23. The number of esters is 1. The largest absolute Gasteiger partial charge is 0.506 e. The Hall–Kier alpha value is -2.48. The molecule has 1 heterocycles. The van der Waals surface area contributed by atoms with Crippen molar-refractivity contribution in [2.24, 2.45) is 5.73 Å². The molecule has 0 aliphatic heterocycles. The lowest BCUT2D eigenvalue weighted by Crippen LogP contribution is -2.19. The third-order valence-electron chi connectivity index (χ3n) is 2.57. The molecular weight excluding hydrogens is 268 g/mol. The quantitative estimate of drug-likeness (QED) is 0.365. The lowest BCUT2D eigenvalue weighted by molar-refractivity contribution is -0.155. The van der Waals surface area contributed by atoms with Crippen LogP contribution in [0.2, 0.25) is 0 Å². The van der Waals surface area contributed by atoms with E-state index in [4.69, 9.17) is 15.6 Å². The first-order valence-electron chi connectivity index (χ1n) is 5.65. The number of aryl methyl sites for hydroxylation is 1. The number of nitrogens with zero attached hydrogens (tertiary/aromatic N) is 1. The molecule has 0 saturated carbocycles. The van der Waals surface area contributed by atoms with Gasteiger partial charge in [0.25, 0.3) is 5.78 Å². The number of nitrogens with two attached hydrogens (primary N) is 1. The minimum atomic E-state index is -1.70. The molecule has 0 radical (unpaired) electrons. The van der Waals surface area contributed by atoms with Crippen molar-refractivity contribution >= 4 is 17.7 Å². The summed E-state index contributed by atoms with van der Waals surface area (Å²) >= 11 is 0. The van der Waals surface area contributed by atoms with Crippen LogP contribution in [0.4, 0.5) is 0 Å². The number of Topliss-reactive ketones (excluding diaryl/α,β-unsaturated/α-hetero) is 1. The predicted octanol–water partition coefficient (Wildman–Crippen LogP) is -0.359. The average molecular weight is 282 g/mol. The van der Waals surface area contributed by atoms with E-state index in [1.54, 1.807) is 6.92 Å². The number of hydrogen-bond donors (Lipinski definition) is 3. The number of hydrogen-bond acceptors (Lipinski definition) is 7. The number of carboxylic acids is 1. The van der Waals surface area contributed by atoms with Gasteiger partial charge in [-0.3, -0.25) is 14.6 Å². The number of pyridine rings is 1. The molecule has 1 rings (SSSR count). The van der Waals surface area contributed by atoms with E-state index < -0.39 is 24.1 Å². The molecule has 0 unspecified atom stereocenters. The first-order valence-corrected chi connectivity index (χ1v) is 5.65. The monoisotopic (exact) mass is 282 g/mol. The SMILES string of the molecule is Cc1ncc(COC(=O)CC(=O)C(=O)O)c(CN)c1O.